The summed E-state index contributed by atoms with van der Waals surface area (Å²) in [7, 11) is 0. The molecule has 2 heterocycles. The third-order valence-corrected chi connectivity index (χ3v) is 3.79. The second-order valence-electron chi connectivity index (χ2n) is 5.97. The van der Waals surface area contributed by atoms with Crippen molar-refractivity contribution in [3.05, 3.63) is 72.7 Å². The molecule has 0 aliphatic heterocycles. The van der Waals surface area contributed by atoms with Gasteiger partial charge in [-0.3, -0.25) is 0 Å². The Morgan fingerprint density at radius 1 is 0.828 bits per heavy atom. The molecule has 0 saturated carbocycles. The summed E-state index contributed by atoms with van der Waals surface area (Å²) in [5, 5.41) is 24.9. The van der Waals surface area contributed by atoms with Crippen LogP contribution in [0.15, 0.2) is 71.3 Å². The molecule has 2 aromatic carbocycles. The lowest BCUT2D eigenvalue weighted by molar-refractivity contribution is 0.436. The maximum Gasteiger partial charge on any atom is 0.328 e. The van der Waals surface area contributed by atoms with Gasteiger partial charge in [0.05, 0.1) is 12.8 Å². The van der Waals surface area contributed by atoms with Gasteiger partial charge in [0.25, 0.3) is 0 Å². The van der Waals surface area contributed by atoms with Crippen LogP contribution in [0.3, 0.4) is 0 Å². The zero-order chi connectivity index (χ0) is 20.1. The van der Waals surface area contributed by atoms with Crippen LogP contribution >= 0.6 is 0 Å². The van der Waals surface area contributed by atoms with Crippen LogP contribution in [0.2, 0.25) is 0 Å². The summed E-state index contributed by atoms with van der Waals surface area (Å²) in [5.74, 6) is 2.00. The highest BCUT2D eigenvalue weighted by Crippen LogP contribution is 2.24. The molecule has 0 aliphatic carbocycles. The highest BCUT2D eigenvalue weighted by Gasteiger charge is 2.10. The number of rotatable bonds is 7. The predicted octanol–water partition coefficient (Wildman–Crippen LogP) is 4.02. The Hall–Kier alpha value is -4.27. The van der Waals surface area contributed by atoms with E-state index in [1.165, 1.54) is 12.1 Å². The Morgan fingerprint density at radius 2 is 1.52 bits per heavy atom. The lowest BCUT2D eigenvalue weighted by atomic mass is 10.3. The van der Waals surface area contributed by atoms with Crippen LogP contribution in [0.1, 0.15) is 5.76 Å². The van der Waals surface area contributed by atoms with Gasteiger partial charge in [-0.05, 0) is 60.7 Å². The molecular formula is C20H17N5O4. The minimum absolute atomic E-state index is 0.0638. The Bertz CT molecular complexity index is 1000. The molecule has 9 nitrogen and oxygen atoms in total. The third kappa shape index (κ3) is 4.92. The van der Waals surface area contributed by atoms with Crippen molar-refractivity contribution in [3.8, 4) is 23.3 Å². The second kappa shape index (κ2) is 8.17. The fourth-order valence-electron chi connectivity index (χ4n) is 2.41. The zero-order valence-corrected chi connectivity index (χ0v) is 15.1. The fraction of sp³-hybridized carbons (Fsp3) is 0.0500. The van der Waals surface area contributed by atoms with Gasteiger partial charge < -0.3 is 30.0 Å². The molecule has 0 saturated heterocycles. The van der Waals surface area contributed by atoms with E-state index in [4.69, 9.17) is 9.15 Å². The van der Waals surface area contributed by atoms with E-state index >= 15 is 0 Å². The smallest absolute Gasteiger partial charge is 0.328 e. The molecule has 0 spiro atoms. The molecule has 0 fully saturated rings. The Kier molecular flexibility index (Phi) is 5.10. The van der Waals surface area contributed by atoms with Crippen LogP contribution in [0.4, 0.5) is 17.6 Å². The van der Waals surface area contributed by atoms with Crippen LogP contribution in [0, 0.1) is 0 Å². The maximum atomic E-state index is 9.43. The average molecular weight is 391 g/mol. The highest BCUT2D eigenvalue weighted by molar-refractivity contribution is 5.55. The van der Waals surface area contributed by atoms with Crippen molar-refractivity contribution >= 4 is 17.6 Å². The average Bonchev–Trinajstić information content (AvgIpc) is 3.24. The van der Waals surface area contributed by atoms with Crippen molar-refractivity contribution in [2.75, 3.05) is 10.6 Å². The van der Waals surface area contributed by atoms with Crippen LogP contribution in [0.25, 0.3) is 0 Å². The molecule has 146 valence electrons. The van der Waals surface area contributed by atoms with Crippen LogP contribution in [-0.2, 0) is 6.54 Å². The summed E-state index contributed by atoms with van der Waals surface area (Å²) in [6.45, 7) is 0.383. The van der Waals surface area contributed by atoms with Crippen molar-refractivity contribution in [3.63, 3.8) is 0 Å². The summed E-state index contributed by atoms with van der Waals surface area (Å²) in [6, 6.07) is 16.4. The number of aromatic hydroxyl groups is 2. The molecule has 0 atom stereocenters. The molecule has 29 heavy (non-hydrogen) atoms. The molecule has 4 N–H and O–H groups in total. The van der Waals surface area contributed by atoms with Gasteiger partial charge in [0.2, 0.25) is 11.9 Å². The molecule has 9 heteroatoms. The first-order valence-corrected chi connectivity index (χ1v) is 8.69. The topological polar surface area (TPSA) is 126 Å². The Labute approximate surface area is 165 Å². The van der Waals surface area contributed by atoms with Gasteiger partial charge in [-0.1, -0.05) is 0 Å². The minimum atomic E-state index is 0.0638. The summed E-state index contributed by atoms with van der Waals surface area (Å²) >= 11 is 0. The molecule has 4 aromatic rings. The normalized spacial score (nSPS) is 10.5. The van der Waals surface area contributed by atoms with E-state index in [2.05, 4.69) is 25.6 Å². The van der Waals surface area contributed by atoms with Crippen LogP contribution in [-0.4, -0.2) is 25.2 Å². The number of hydrogen-bond acceptors (Lipinski definition) is 9. The van der Waals surface area contributed by atoms with E-state index in [1.807, 2.05) is 6.07 Å². The molecule has 2 aromatic heterocycles. The summed E-state index contributed by atoms with van der Waals surface area (Å²) in [5.41, 5.74) is 0.682. The van der Waals surface area contributed by atoms with E-state index in [0.717, 1.165) is 5.76 Å². The van der Waals surface area contributed by atoms with Gasteiger partial charge in [0.1, 0.15) is 23.0 Å². The van der Waals surface area contributed by atoms with E-state index in [0.29, 0.717) is 18.0 Å². The lowest BCUT2D eigenvalue weighted by Crippen LogP contribution is -2.08. The summed E-state index contributed by atoms with van der Waals surface area (Å²) in [4.78, 5) is 12.9. The van der Waals surface area contributed by atoms with Crippen LogP contribution in [0.5, 0.6) is 23.3 Å². The Balaban J connectivity index is 1.58. The SMILES string of the molecule is Oc1ccc(Nc2nc(NCc3ccco3)nc(Oc3ccc(O)cc3)n2)cc1. The number of benzene rings is 2. The first-order valence-electron chi connectivity index (χ1n) is 8.69. The van der Waals surface area contributed by atoms with Gasteiger partial charge >= 0.3 is 6.01 Å². The van der Waals surface area contributed by atoms with Crippen molar-refractivity contribution < 1.29 is 19.4 Å². The summed E-state index contributed by atoms with van der Waals surface area (Å²) < 4.78 is 11.0. The quantitative estimate of drug-likeness (QED) is 0.345. The van der Waals surface area contributed by atoms with Gasteiger partial charge in [0.15, 0.2) is 0 Å². The largest absolute Gasteiger partial charge is 0.508 e. The fourth-order valence-corrected chi connectivity index (χ4v) is 2.41. The van der Waals surface area contributed by atoms with Crippen molar-refractivity contribution in [1.29, 1.82) is 0 Å². The molecular weight excluding hydrogens is 374 g/mol. The third-order valence-electron chi connectivity index (χ3n) is 3.79. The summed E-state index contributed by atoms with van der Waals surface area (Å²) in [6.07, 6.45) is 1.58. The van der Waals surface area contributed by atoms with E-state index in [-0.39, 0.29) is 29.4 Å². The standard InChI is InChI=1S/C20H17N5O4/c26-14-5-3-13(4-6-14)22-19-23-18(21-12-17-2-1-11-28-17)24-20(25-19)29-16-9-7-15(27)8-10-16/h1-11,26-27H,12H2,(H2,21,22,23,24,25). The monoisotopic (exact) mass is 391 g/mol. The van der Waals surface area contributed by atoms with Crippen LogP contribution < -0.4 is 15.4 Å². The van der Waals surface area contributed by atoms with E-state index in [1.54, 1.807) is 48.7 Å². The van der Waals surface area contributed by atoms with Crippen molar-refractivity contribution in [2.45, 2.75) is 6.54 Å². The van der Waals surface area contributed by atoms with Crippen molar-refractivity contribution in [2.24, 2.45) is 0 Å². The number of aromatic nitrogens is 3. The predicted molar refractivity (Wildman–Crippen MR) is 105 cm³/mol. The first kappa shape index (κ1) is 18.1. The van der Waals surface area contributed by atoms with Gasteiger partial charge in [-0.2, -0.15) is 15.0 Å². The maximum absolute atomic E-state index is 9.43. The number of phenolic OH excluding ortho intramolecular Hbond substituents is 2. The molecule has 0 radical (unpaired) electrons. The second-order valence-corrected chi connectivity index (χ2v) is 5.97. The van der Waals surface area contributed by atoms with E-state index < -0.39 is 0 Å². The first-order chi connectivity index (χ1) is 14.1. The lowest BCUT2D eigenvalue weighted by Gasteiger charge is -2.10. The van der Waals surface area contributed by atoms with Gasteiger partial charge in [0, 0.05) is 5.69 Å². The number of hydrogen-bond donors (Lipinski definition) is 4. The zero-order valence-electron chi connectivity index (χ0n) is 15.1. The number of anilines is 3. The number of phenols is 2. The molecule has 0 unspecified atom stereocenters. The molecule has 0 aliphatic rings. The Morgan fingerprint density at radius 3 is 2.21 bits per heavy atom. The number of furan rings is 1. The van der Waals surface area contributed by atoms with Crippen molar-refractivity contribution in [1.82, 2.24) is 15.0 Å². The number of ether oxygens (including phenoxy) is 1. The minimum Gasteiger partial charge on any atom is -0.508 e. The molecule has 4 rings (SSSR count). The highest BCUT2D eigenvalue weighted by atomic mass is 16.5. The number of nitrogens with one attached hydrogen (secondary N) is 2. The van der Waals surface area contributed by atoms with Gasteiger partial charge in [-0.15, -0.1) is 0 Å². The molecule has 0 amide bonds. The number of nitrogens with zero attached hydrogens (tertiary/aromatic N) is 3. The molecule has 0 bridgehead atoms. The van der Waals surface area contributed by atoms with E-state index in [9.17, 15) is 10.2 Å². The van der Waals surface area contributed by atoms with Gasteiger partial charge in [-0.25, -0.2) is 0 Å².